The second kappa shape index (κ2) is 7.27. The number of aromatic nitrogens is 2. The number of anilines is 1. The van der Waals surface area contributed by atoms with E-state index in [1.54, 1.807) is 7.11 Å². The van der Waals surface area contributed by atoms with E-state index in [0.29, 0.717) is 12.0 Å². The van der Waals surface area contributed by atoms with E-state index in [9.17, 15) is 0 Å². The average Bonchev–Trinajstić information content (AvgIpc) is 3.20. The van der Waals surface area contributed by atoms with Gasteiger partial charge in [0.25, 0.3) is 0 Å². The minimum absolute atomic E-state index is 0.662. The number of hydrogen-bond donors (Lipinski definition) is 1. The molecular weight excluding hydrogens is 264 g/mol. The third-order valence-electron chi connectivity index (χ3n) is 3.92. The Bertz CT molecular complexity index is 451. The second-order valence-corrected chi connectivity index (χ2v) is 6.46. The zero-order valence-electron chi connectivity index (χ0n) is 14.1. The van der Waals surface area contributed by atoms with E-state index in [0.717, 1.165) is 31.9 Å². The van der Waals surface area contributed by atoms with Crippen LogP contribution in [0.15, 0.2) is 0 Å². The van der Waals surface area contributed by atoms with E-state index in [1.165, 1.54) is 24.2 Å². The molecule has 2 rings (SSSR count). The van der Waals surface area contributed by atoms with Crippen molar-refractivity contribution in [1.29, 1.82) is 0 Å². The van der Waals surface area contributed by atoms with Crippen LogP contribution in [0.4, 0.5) is 5.82 Å². The van der Waals surface area contributed by atoms with Crippen LogP contribution < -0.4 is 10.2 Å². The molecule has 1 aliphatic carbocycles. The van der Waals surface area contributed by atoms with Crippen LogP contribution in [-0.2, 0) is 18.3 Å². The molecule has 0 aromatic carbocycles. The van der Waals surface area contributed by atoms with Crippen LogP contribution >= 0.6 is 0 Å². The van der Waals surface area contributed by atoms with E-state index >= 15 is 0 Å². The molecule has 1 N–H and O–H groups in total. The maximum atomic E-state index is 5.10. The van der Waals surface area contributed by atoms with E-state index in [1.807, 2.05) is 0 Å². The van der Waals surface area contributed by atoms with Crippen molar-refractivity contribution in [2.45, 2.75) is 46.2 Å². The molecule has 0 unspecified atom stereocenters. The van der Waals surface area contributed by atoms with Crippen molar-refractivity contribution in [2.75, 3.05) is 31.7 Å². The number of nitrogens with one attached hydrogen (secondary N) is 1. The van der Waals surface area contributed by atoms with Gasteiger partial charge in [-0.25, -0.2) is 0 Å². The van der Waals surface area contributed by atoms with Crippen molar-refractivity contribution in [3.8, 4) is 0 Å². The van der Waals surface area contributed by atoms with Gasteiger partial charge in [0.15, 0.2) is 0 Å². The van der Waals surface area contributed by atoms with Crippen molar-refractivity contribution in [2.24, 2.45) is 13.0 Å². The lowest BCUT2D eigenvalue weighted by atomic mass is 10.1. The number of aryl methyl sites for hydroxylation is 2. The maximum Gasteiger partial charge on any atom is 0.131 e. The van der Waals surface area contributed by atoms with Gasteiger partial charge in [0.1, 0.15) is 5.82 Å². The average molecular weight is 294 g/mol. The van der Waals surface area contributed by atoms with Crippen molar-refractivity contribution < 1.29 is 4.74 Å². The van der Waals surface area contributed by atoms with E-state index in [2.05, 4.69) is 47.8 Å². The van der Waals surface area contributed by atoms with Crippen LogP contribution in [0.25, 0.3) is 0 Å². The monoisotopic (exact) mass is 294 g/mol. The number of rotatable bonds is 9. The van der Waals surface area contributed by atoms with Gasteiger partial charge in [-0.2, -0.15) is 5.10 Å². The van der Waals surface area contributed by atoms with Gasteiger partial charge in [-0.1, -0.05) is 13.8 Å². The molecule has 0 saturated heterocycles. The van der Waals surface area contributed by atoms with Crippen molar-refractivity contribution in [3.05, 3.63) is 11.3 Å². The van der Waals surface area contributed by atoms with Gasteiger partial charge in [0.2, 0.25) is 0 Å². The quantitative estimate of drug-likeness (QED) is 0.708. The standard InChI is InChI=1S/C16H30N4O/c1-12(2)11-20(14-6-7-14)16-15(10-17-8-9-21-5)13(3)18-19(16)4/h12,14,17H,6-11H2,1-5H3. The molecule has 1 aliphatic rings. The first-order valence-corrected chi connectivity index (χ1v) is 8.03. The predicted molar refractivity (Wildman–Crippen MR) is 86.7 cm³/mol. The van der Waals surface area contributed by atoms with Crippen LogP contribution in [-0.4, -0.2) is 42.6 Å². The molecule has 5 nitrogen and oxygen atoms in total. The van der Waals surface area contributed by atoms with Gasteiger partial charge in [0.05, 0.1) is 12.3 Å². The van der Waals surface area contributed by atoms with Gasteiger partial charge in [-0.15, -0.1) is 0 Å². The molecule has 0 atom stereocenters. The lowest BCUT2D eigenvalue weighted by Gasteiger charge is -2.28. The predicted octanol–water partition coefficient (Wildman–Crippen LogP) is 2.09. The molecule has 0 amide bonds. The van der Waals surface area contributed by atoms with E-state index in [4.69, 9.17) is 4.74 Å². The first-order valence-electron chi connectivity index (χ1n) is 8.03. The summed E-state index contributed by atoms with van der Waals surface area (Å²) >= 11 is 0. The molecule has 1 aromatic rings. The highest BCUT2D eigenvalue weighted by Crippen LogP contribution is 2.35. The van der Waals surface area contributed by atoms with Crippen LogP contribution in [0, 0.1) is 12.8 Å². The highest BCUT2D eigenvalue weighted by Gasteiger charge is 2.33. The summed E-state index contributed by atoms with van der Waals surface area (Å²) in [6.45, 7) is 10.3. The molecule has 0 bridgehead atoms. The lowest BCUT2D eigenvalue weighted by molar-refractivity contribution is 0.199. The Morgan fingerprint density at radius 2 is 2.14 bits per heavy atom. The summed E-state index contributed by atoms with van der Waals surface area (Å²) in [5, 5.41) is 8.11. The normalized spacial score (nSPS) is 15.0. The number of hydrogen-bond acceptors (Lipinski definition) is 4. The van der Waals surface area contributed by atoms with E-state index in [-0.39, 0.29) is 0 Å². The summed E-state index contributed by atoms with van der Waals surface area (Å²) in [4.78, 5) is 2.57. The lowest BCUT2D eigenvalue weighted by Crippen LogP contribution is -2.33. The van der Waals surface area contributed by atoms with Gasteiger partial charge < -0.3 is 15.0 Å². The van der Waals surface area contributed by atoms with Crippen molar-refractivity contribution >= 4 is 5.82 Å². The Kier molecular flexibility index (Phi) is 5.65. The summed E-state index contributed by atoms with van der Waals surface area (Å²) in [7, 11) is 3.80. The summed E-state index contributed by atoms with van der Waals surface area (Å²) < 4.78 is 7.16. The van der Waals surface area contributed by atoms with Gasteiger partial charge in [-0.05, 0) is 25.7 Å². The fourth-order valence-corrected chi connectivity index (χ4v) is 2.83. The highest BCUT2D eigenvalue weighted by molar-refractivity contribution is 5.52. The maximum absolute atomic E-state index is 5.10. The Balaban J connectivity index is 2.15. The third-order valence-corrected chi connectivity index (χ3v) is 3.92. The largest absolute Gasteiger partial charge is 0.383 e. The first kappa shape index (κ1) is 16.3. The summed E-state index contributed by atoms with van der Waals surface area (Å²) in [6.07, 6.45) is 2.63. The molecule has 1 fully saturated rings. The van der Waals surface area contributed by atoms with Crippen molar-refractivity contribution in [3.63, 3.8) is 0 Å². The molecule has 1 aromatic heterocycles. The molecule has 1 saturated carbocycles. The minimum atomic E-state index is 0.662. The molecule has 0 aliphatic heterocycles. The number of methoxy groups -OCH3 is 1. The molecule has 0 spiro atoms. The molecule has 21 heavy (non-hydrogen) atoms. The van der Waals surface area contributed by atoms with Crippen molar-refractivity contribution in [1.82, 2.24) is 15.1 Å². The van der Waals surface area contributed by atoms with Gasteiger partial charge >= 0.3 is 0 Å². The summed E-state index contributed by atoms with van der Waals surface area (Å²) in [6, 6.07) is 0.708. The number of nitrogens with zero attached hydrogens (tertiary/aromatic N) is 3. The minimum Gasteiger partial charge on any atom is -0.383 e. The molecule has 5 heteroatoms. The second-order valence-electron chi connectivity index (χ2n) is 6.46. The zero-order chi connectivity index (χ0) is 15.4. The Labute approximate surface area is 128 Å². The Morgan fingerprint density at radius 3 is 2.71 bits per heavy atom. The molecule has 0 radical (unpaired) electrons. The third kappa shape index (κ3) is 4.20. The fourth-order valence-electron chi connectivity index (χ4n) is 2.83. The number of ether oxygens (including phenoxy) is 1. The molecule has 1 heterocycles. The Hall–Kier alpha value is -1.07. The van der Waals surface area contributed by atoms with Crippen LogP contribution in [0.1, 0.15) is 37.9 Å². The topological polar surface area (TPSA) is 42.3 Å². The van der Waals surface area contributed by atoms with Gasteiger partial charge in [0, 0.05) is 45.4 Å². The summed E-state index contributed by atoms with van der Waals surface area (Å²) in [5.74, 6) is 1.96. The SMILES string of the molecule is COCCNCc1c(C)nn(C)c1N(CC(C)C)C1CC1. The fraction of sp³-hybridized carbons (Fsp3) is 0.812. The Morgan fingerprint density at radius 1 is 1.43 bits per heavy atom. The van der Waals surface area contributed by atoms with Gasteiger partial charge in [-0.3, -0.25) is 4.68 Å². The smallest absolute Gasteiger partial charge is 0.131 e. The molecular formula is C16H30N4O. The first-order chi connectivity index (χ1) is 10.0. The van der Waals surface area contributed by atoms with Crippen LogP contribution in [0.3, 0.4) is 0 Å². The highest BCUT2D eigenvalue weighted by atomic mass is 16.5. The van der Waals surface area contributed by atoms with Crippen LogP contribution in [0.2, 0.25) is 0 Å². The molecule has 120 valence electrons. The van der Waals surface area contributed by atoms with Crippen LogP contribution in [0.5, 0.6) is 0 Å². The van der Waals surface area contributed by atoms with E-state index < -0.39 is 0 Å². The zero-order valence-corrected chi connectivity index (χ0v) is 14.1. The summed E-state index contributed by atoms with van der Waals surface area (Å²) in [5.41, 5.74) is 2.47.